The van der Waals surface area contributed by atoms with E-state index in [2.05, 4.69) is 5.32 Å². The highest BCUT2D eigenvalue weighted by Gasteiger charge is 2.16. The van der Waals surface area contributed by atoms with E-state index < -0.39 is 42.8 Å². The van der Waals surface area contributed by atoms with Crippen molar-refractivity contribution in [2.24, 2.45) is 0 Å². The lowest BCUT2D eigenvalue weighted by molar-refractivity contribution is -0.115. The average Bonchev–Trinajstić information content (AvgIpc) is 2.37. The lowest BCUT2D eigenvalue weighted by Crippen LogP contribution is -2.22. The van der Waals surface area contributed by atoms with Crippen molar-refractivity contribution in [1.29, 1.82) is 0 Å². The number of carbonyl (C=O) groups is 1. The predicted octanol–water partition coefficient (Wildman–Crippen LogP) is 0.0568. The highest BCUT2D eigenvalue weighted by atomic mass is 32.2. The summed E-state index contributed by atoms with van der Waals surface area (Å²) < 4.78 is 45.1. The molecule has 1 aromatic carbocycles. The molecule has 1 aromatic rings. The summed E-state index contributed by atoms with van der Waals surface area (Å²) >= 11 is 0. The molecule has 0 spiro atoms. The molecule has 118 valence electrons. The van der Waals surface area contributed by atoms with Gasteiger partial charge in [-0.05, 0) is 12.1 Å². The van der Waals surface area contributed by atoms with Gasteiger partial charge in [0.2, 0.25) is 5.91 Å². The second kappa shape index (κ2) is 6.90. The maximum absolute atomic E-state index is 11.7. The third kappa shape index (κ3) is 7.09. The Morgan fingerprint density at radius 3 is 2.29 bits per heavy atom. The standard InChI is InChI=1S/C12H18N2O5S2/c1-20(16,17)8-9-21(18,19)7-6-12(15)14-11-5-3-2-4-10(11)13/h2-5H,6-9,13H2,1H3,(H,14,15). The normalized spacial score (nSPS) is 12.0. The number of benzene rings is 1. The Hall–Kier alpha value is -1.61. The average molecular weight is 334 g/mol. The highest BCUT2D eigenvalue weighted by molar-refractivity contribution is 7.94. The van der Waals surface area contributed by atoms with Crippen molar-refractivity contribution in [1.82, 2.24) is 0 Å². The zero-order chi connectivity index (χ0) is 16.1. The molecule has 0 aliphatic carbocycles. The van der Waals surface area contributed by atoms with Crippen LogP contribution in [-0.2, 0) is 24.5 Å². The molecule has 3 N–H and O–H groups in total. The molecular weight excluding hydrogens is 316 g/mol. The number of hydrogen-bond acceptors (Lipinski definition) is 6. The number of sulfone groups is 2. The van der Waals surface area contributed by atoms with Crippen LogP contribution in [0.2, 0.25) is 0 Å². The number of para-hydroxylation sites is 2. The fourth-order valence-electron chi connectivity index (χ4n) is 1.45. The van der Waals surface area contributed by atoms with Crippen molar-refractivity contribution in [3.05, 3.63) is 24.3 Å². The first-order valence-electron chi connectivity index (χ1n) is 6.11. The molecule has 0 radical (unpaired) electrons. The van der Waals surface area contributed by atoms with E-state index in [1.807, 2.05) is 0 Å². The van der Waals surface area contributed by atoms with E-state index in [0.717, 1.165) is 6.26 Å². The summed E-state index contributed by atoms with van der Waals surface area (Å²) in [7, 11) is -6.93. The quantitative estimate of drug-likeness (QED) is 0.679. The topological polar surface area (TPSA) is 123 Å². The van der Waals surface area contributed by atoms with Crippen LogP contribution in [0.4, 0.5) is 11.4 Å². The Labute approximate surface area is 124 Å². The van der Waals surface area contributed by atoms with Gasteiger partial charge in [0.15, 0.2) is 9.84 Å². The number of amides is 1. The number of anilines is 2. The second-order valence-electron chi connectivity index (χ2n) is 4.67. The Balaban J connectivity index is 2.51. The van der Waals surface area contributed by atoms with Crippen molar-refractivity contribution in [2.75, 3.05) is 34.6 Å². The minimum Gasteiger partial charge on any atom is -0.397 e. The van der Waals surface area contributed by atoms with Gasteiger partial charge in [0, 0.05) is 12.7 Å². The third-order valence-corrected chi connectivity index (χ3v) is 5.50. The van der Waals surface area contributed by atoms with Gasteiger partial charge in [0.25, 0.3) is 0 Å². The van der Waals surface area contributed by atoms with E-state index in [-0.39, 0.29) is 6.42 Å². The Bertz CT molecular complexity index is 711. The first-order valence-corrected chi connectivity index (χ1v) is 10.00. The summed E-state index contributed by atoms with van der Waals surface area (Å²) in [5, 5.41) is 2.51. The van der Waals surface area contributed by atoms with E-state index in [4.69, 9.17) is 5.73 Å². The minimum absolute atomic E-state index is 0.250. The van der Waals surface area contributed by atoms with Gasteiger partial charge in [-0.3, -0.25) is 4.79 Å². The van der Waals surface area contributed by atoms with Gasteiger partial charge in [-0.25, -0.2) is 16.8 Å². The molecule has 0 unspecified atom stereocenters. The van der Waals surface area contributed by atoms with Crippen molar-refractivity contribution in [3.8, 4) is 0 Å². The zero-order valence-corrected chi connectivity index (χ0v) is 13.2. The largest absolute Gasteiger partial charge is 0.397 e. The van der Waals surface area contributed by atoms with Gasteiger partial charge in [0.1, 0.15) is 9.84 Å². The molecule has 1 rings (SSSR count). The molecule has 0 atom stereocenters. The molecule has 0 aromatic heterocycles. The molecule has 0 heterocycles. The smallest absolute Gasteiger partial charge is 0.225 e. The molecule has 21 heavy (non-hydrogen) atoms. The molecule has 0 saturated carbocycles. The summed E-state index contributed by atoms with van der Waals surface area (Å²) in [6, 6.07) is 6.61. The van der Waals surface area contributed by atoms with Gasteiger partial charge in [0.05, 0.1) is 28.6 Å². The van der Waals surface area contributed by atoms with Gasteiger partial charge in [-0.1, -0.05) is 12.1 Å². The SMILES string of the molecule is CS(=O)(=O)CCS(=O)(=O)CCC(=O)Nc1ccccc1N. The van der Waals surface area contributed by atoms with Gasteiger partial charge < -0.3 is 11.1 Å². The second-order valence-corrected chi connectivity index (χ2v) is 9.23. The van der Waals surface area contributed by atoms with Crippen molar-refractivity contribution < 1.29 is 21.6 Å². The van der Waals surface area contributed by atoms with Crippen LogP contribution in [0.5, 0.6) is 0 Å². The molecule has 0 aliphatic heterocycles. The van der Waals surface area contributed by atoms with Gasteiger partial charge in [-0.2, -0.15) is 0 Å². The van der Waals surface area contributed by atoms with Crippen LogP contribution in [-0.4, -0.2) is 46.3 Å². The number of nitrogens with one attached hydrogen (secondary N) is 1. The van der Waals surface area contributed by atoms with E-state index in [1.165, 1.54) is 0 Å². The summed E-state index contributed by atoms with van der Waals surface area (Å²) in [5.41, 5.74) is 6.44. The molecular formula is C12H18N2O5S2. The molecule has 9 heteroatoms. The summed E-state index contributed by atoms with van der Waals surface area (Å²) in [5.74, 6) is -1.81. The fraction of sp³-hybridized carbons (Fsp3) is 0.417. The number of nitrogens with two attached hydrogens (primary N) is 1. The number of nitrogen functional groups attached to an aromatic ring is 1. The monoisotopic (exact) mass is 334 g/mol. The van der Waals surface area contributed by atoms with E-state index in [1.54, 1.807) is 24.3 Å². The number of carbonyl (C=O) groups excluding carboxylic acids is 1. The number of hydrogen-bond donors (Lipinski definition) is 2. The van der Waals surface area contributed by atoms with Crippen LogP contribution in [0.3, 0.4) is 0 Å². The lowest BCUT2D eigenvalue weighted by atomic mass is 10.2. The molecule has 0 bridgehead atoms. The van der Waals surface area contributed by atoms with Gasteiger partial charge >= 0.3 is 0 Å². The molecule has 7 nitrogen and oxygen atoms in total. The van der Waals surface area contributed by atoms with Crippen LogP contribution in [0, 0.1) is 0 Å². The Morgan fingerprint density at radius 2 is 1.71 bits per heavy atom. The maximum atomic E-state index is 11.7. The van der Waals surface area contributed by atoms with Crippen LogP contribution in [0.1, 0.15) is 6.42 Å². The number of rotatable bonds is 7. The molecule has 0 aliphatic rings. The Morgan fingerprint density at radius 1 is 1.10 bits per heavy atom. The van der Waals surface area contributed by atoms with Crippen LogP contribution in [0.25, 0.3) is 0 Å². The summed E-state index contributed by atoms with van der Waals surface area (Å²) in [6.07, 6.45) is 0.716. The fourth-order valence-corrected chi connectivity index (χ4v) is 4.38. The van der Waals surface area contributed by atoms with Crippen LogP contribution >= 0.6 is 0 Å². The van der Waals surface area contributed by atoms with E-state index >= 15 is 0 Å². The first kappa shape index (κ1) is 17.4. The predicted molar refractivity (Wildman–Crippen MR) is 82.5 cm³/mol. The lowest BCUT2D eigenvalue weighted by Gasteiger charge is -2.08. The highest BCUT2D eigenvalue weighted by Crippen LogP contribution is 2.16. The Kier molecular flexibility index (Phi) is 5.73. The van der Waals surface area contributed by atoms with Crippen LogP contribution in [0.15, 0.2) is 24.3 Å². The summed E-state index contributed by atoms with van der Waals surface area (Å²) in [4.78, 5) is 11.7. The minimum atomic E-state index is -3.58. The van der Waals surface area contributed by atoms with Gasteiger partial charge in [-0.15, -0.1) is 0 Å². The first-order chi connectivity index (χ1) is 9.59. The molecule has 1 amide bonds. The van der Waals surface area contributed by atoms with E-state index in [9.17, 15) is 21.6 Å². The zero-order valence-electron chi connectivity index (χ0n) is 11.6. The molecule has 0 fully saturated rings. The summed E-state index contributed by atoms with van der Waals surface area (Å²) in [6.45, 7) is 0. The van der Waals surface area contributed by atoms with E-state index in [0.29, 0.717) is 11.4 Å². The van der Waals surface area contributed by atoms with Crippen LogP contribution < -0.4 is 11.1 Å². The maximum Gasteiger partial charge on any atom is 0.225 e. The molecule has 0 saturated heterocycles. The van der Waals surface area contributed by atoms with Crippen molar-refractivity contribution in [2.45, 2.75) is 6.42 Å². The third-order valence-electron chi connectivity index (χ3n) is 2.64. The van der Waals surface area contributed by atoms with Crippen molar-refractivity contribution in [3.63, 3.8) is 0 Å². The van der Waals surface area contributed by atoms with Crippen molar-refractivity contribution >= 4 is 37.0 Å².